The lowest BCUT2D eigenvalue weighted by atomic mass is 9.97. The molecule has 0 amide bonds. The molecule has 0 saturated heterocycles. The third kappa shape index (κ3) is 3.93. The molecule has 1 atom stereocenters. The average Bonchev–Trinajstić information content (AvgIpc) is 2.28. The van der Waals surface area contributed by atoms with Crippen LogP contribution in [0.4, 0.5) is 5.69 Å². The standard InChI is InChI=1S/C14H24N2O/c1-5-10-14(2,15)11-16(3)12-8-6-7-9-13(12)17-4/h6-9H,5,10-11,15H2,1-4H3. The number of benzene rings is 1. The largest absolute Gasteiger partial charge is 0.495 e. The first-order valence-corrected chi connectivity index (χ1v) is 6.13. The minimum Gasteiger partial charge on any atom is -0.495 e. The van der Waals surface area contributed by atoms with Gasteiger partial charge in [-0.25, -0.2) is 0 Å². The Morgan fingerprint density at radius 2 is 2.00 bits per heavy atom. The van der Waals surface area contributed by atoms with Gasteiger partial charge in [0.2, 0.25) is 0 Å². The number of nitrogens with two attached hydrogens (primary N) is 1. The summed E-state index contributed by atoms with van der Waals surface area (Å²) < 4.78 is 5.36. The topological polar surface area (TPSA) is 38.5 Å². The van der Waals surface area contributed by atoms with Gasteiger partial charge >= 0.3 is 0 Å². The molecule has 0 radical (unpaired) electrons. The number of rotatable bonds is 6. The summed E-state index contributed by atoms with van der Waals surface area (Å²) in [5.41, 5.74) is 7.20. The van der Waals surface area contributed by atoms with Crippen molar-refractivity contribution in [3.8, 4) is 5.75 Å². The van der Waals surface area contributed by atoms with Crippen LogP contribution in [0, 0.1) is 0 Å². The Hall–Kier alpha value is -1.22. The van der Waals surface area contributed by atoms with E-state index in [1.165, 1.54) is 0 Å². The van der Waals surface area contributed by atoms with Crippen molar-refractivity contribution in [2.24, 2.45) is 5.73 Å². The van der Waals surface area contributed by atoms with E-state index in [1.807, 2.05) is 18.2 Å². The molecule has 0 heterocycles. The second-order valence-electron chi connectivity index (χ2n) is 4.93. The van der Waals surface area contributed by atoms with Gasteiger partial charge < -0.3 is 15.4 Å². The molecule has 0 saturated carbocycles. The fraction of sp³-hybridized carbons (Fsp3) is 0.571. The molecule has 1 aromatic carbocycles. The first-order chi connectivity index (χ1) is 8.00. The summed E-state index contributed by atoms with van der Waals surface area (Å²) in [6.07, 6.45) is 2.12. The molecule has 17 heavy (non-hydrogen) atoms. The van der Waals surface area contributed by atoms with Crippen molar-refractivity contribution in [1.82, 2.24) is 0 Å². The minimum absolute atomic E-state index is 0.162. The summed E-state index contributed by atoms with van der Waals surface area (Å²) in [4.78, 5) is 2.16. The van der Waals surface area contributed by atoms with E-state index < -0.39 is 0 Å². The van der Waals surface area contributed by atoms with Gasteiger partial charge in [0.25, 0.3) is 0 Å². The Balaban J connectivity index is 2.79. The van der Waals surface area contributed by atoms with Crippen molar-refractivity contribution in [2.75, 3.05) is 25.6 Å². The van der Waals surface area contributed by atoms with Gasteiger partial charge in [0.05, 0.1) is 12.8 Å². The summed E-state index contributed by atoms with van der Waals surface area (Å²) in [6.45, 7) is 5.08. The molecule has 3 nitrogen and oxygen atoms in total. The van der Waals surface area contributed by atoms with Crippen molar-refractivity contribution < 1.29 is 4.74 Å². The van der Waals surface area contributed by atoms with E-state index in [9.17, 15) is 0 Å². The third-order valence-corrected chi connectivity index (χ3v) is 2.92. The fourth-order valence-corrected chi connectivity index (χ4v) is 2.22. The Labute approximate surface area is 105 Å². The summed E-state index contributed by atoms with van der Waals surface area (Å²) in [5.74, 6) is 0.891. The quantitative estimate of drug-likeness (QED) is 0.825. The Bertz CT molecular complexity index is 350. The number of nitrogens with zero attached hydrogens (tertiary/aromatic N) is 1. The number of methoxy groups -OCH3 is 1. The Morgan fingerprint density at radius 1 is 1.35 bits per heavy atom. The highest BCUT2D eigenvalue weighted by atomic mass is 16.5. The lowest BCUT2D eigenvalue weighted by Crippen LogP contribution is -2.46. The van der Waals surface area contributed by atoms with Gasteiger partial charge in [0, 0.05) is 19.1 Å². The van der Waals surface area contributed by atoms with Crippen LogP contribution in [-0.2, 0) is 0 Å². The highest BCUT2D eigenvalue weighted by molar-refractivity contribution is 5.58. The normalized spacial score (nSPS) is 14.2. The predicted molar refractivity (Wildman–Crippen MR) is 73.8 cm³/mol. The van der Waals surface area contributed by atoms with Crippen LogP contribution < -0.4 is 15.4 Å². The van der Waals surface area contributed by atoms with Crippen molar-refractivity contribution >= 4 is 5.69 Å². The van der Waals surface area contributed by atoms with Gasteiger partial charge in [0.1, 0.15) is 5.75 Å². The molecular formula is C14H24N2O. The van der Waals surface area contributed by atoms with Crippen LogP contribution in [0.3, 0.4) is 0 Å². The van der Waals surface area contributed by atoms with Gasteiger partial charge in [0.15, 0.2) is 0 Å². The zero-order chi connectivity index (χ0) is 12.9. The zero-order valence-electron chi connectivity index (χ0n) is 11.4. The number of para-hydroxylation sites is 2. The number of ether oxygens (including phenoxy) is 1. The molecule has 3 heteroatoms. The van der Waals surface area contributed by atoms with Crippen molar-refractivity contribution in [1.29, 1.82) is 0 Å². The molecule has 0 aliphatic carbocycles. The molecule has 1 rings (SSSR count). The van der Waals surface area contributed by atoms with Gasteiger partial charge in [-0.05, 0) is 25.5 Å². The SMILES string of the molecule is CCCC(C)(N)CN(C)c1ccccc1OC. The smallest absolute Gasteiger partial charge is 0.142 e. The fourth-order valence-electron chi connectivity index (χ4n) is 2.22. The van der Waals surface area contributed by atoms with Crippen LogP contribution >= 0.6 is 0 Å². The average molecular weight is 236 g/mol. The second kappa shape index (κ2) is 5.92. The van der Waals surface area contributed by atoms with Crippen LogP contribution in [0.5, 0.6) is 5.75 Å². The van der Waals surface area contributed by atoms with Crippen molar-refractivity contribution in [2.45, 2.75) is 32.2 Å². The molecule has 0 bridgehead atoms. The first-order valence-electron chi connectivity index (χ1n) is 6.13. The van der Waals surface area contributed by atoms with Crippen LogP contribution in [-0.4, -0.2) is 26.2 Å². The van der Waals surface area contributed by atoms with Gasteiger partial charge in [-0.3, -0.25) is 0 Å². The number of anilines is 1. The van der Waals surface area contributed by atoms with E-state index >= 15 is 0 Å². The van der Waals surface area contributed by atoms with E-state index in [-0.39, 0.29) is 5.54 Å². The molecule has 0 aromatic heterocycles. The van der Waals surface area contributed by atoms with Crippen molar-refractivity contribution in [3.63, 3.8) is 0 Å². The molecule has 1 unspecified atom stereocenters. The first kappa shape index (κ1) is 13.8. The van der Waals surface area contributed by atoms with Crippen LogP contribution in [0.25, 0.3) is 0 Å². The highest BCUT2D eigenvalue weighted by Crippen LogP contribution is 2.27. The maximum atomic E-state index is 6.27. The molecule has 1 aromatic rings. The molecule has 0 fully saturated rings. The Kier molecular flexibility index (Phi) is 4.82. The maximum Gasteiger partial charge on any atom is 0.142 e. The van der Waals surface area contributed by atoms with Gasteiger partial charge in [-0.1, -0.05) is 25.5 Å². The lowest BCUT2D eigenvalue weighted by molar-refractivity contribution is 0.407. The molecule has 0 spiro atoms. The van der Waals surface area contributed by atoms with Crippen LogP contribution in [0.2, 0.25) is 0 Å². The van der Waals surface area contributed by atoms with Crippen LogP contribution in [0.1, 0.15) is 26.7 Å². The summed E-state index contributed by atoms with van der Waals surface area (Å²) in [7, 11) is 3.75. The monoisotopic (exact) mass is 236 g/mol. The summed E-state index contributed by atoms with van der Waals surface area (Å²) in [5, 5.41) is 0. The van der Waals surface area contributed by atoms with E-state index in [4.69, 9.17) is 10.5 Å². The second-order valence-corrected chi connectivity index (χ2v) is 4.93. The lowest BCUT2D eigenvalue weighted by Gasteiger charge is -2.32. The summed E-state index contributed by atoms with van der Waals surface area (Å²) >= 11 is 0. The third-order valence-electron chi connectivity index (χ3n) is 2.92. The molecule has 0 aliphatic heterocycles. The van der Waals surface area contributed by atoms with E-state index in [1.54, 1.807) is 7.11 Å². The number of likely N-dealkylation sites (N-methyl/N-ethyl adjacent to an activating group) is 1. The number of hydrogen-bond acceptors (Lipinski definition) is 3. The minimum atomic E-state index is -0.162. The van der Waals surface area contributed by atoms with Gasteiger partial charge in [-0.15, -0.1) is 0 Å². The zero-order valence-corrected chi connectivity index (χ0v) is 11.4. The maximum absolute atomic E-state index is 6.27. The van der Waals surface area contributed by atoms with E-state index in [2.05, 4.69) is 31.9 Å². The molecule has 96 valence electrons. The molecular weight excluding hydrogens is 212 g/mol. The Morgan fingerprint density at radius 3 is 2.59 bits per heavy atom. The molecule has 2 N–H and O–H groups in total. The van der Waals surface area contributed by atoms with Crippen LogP contribution in [0.15, 0.2) is 24.3 Å². The van der Waals surface area contributed by atoms with Gasteiger partial charge in [-0.2, -0.15) is 0 Å². The number of hydrogen-bond donors (Lipinski definition) is 1. The van der Waals surface area contributed by atoms with E-state index in [0.29, 0.717) is 0 Å². The van der Waals surface area contributed by atoms with E-state index in [0.717, 1.165) is 30.8 Å². The summed E-state index contributed by atoms with van der Waals surface area (Å²) in [6, 6.07) is 8.02. The van der Waals surface area contributed by atoms with Crippen molar-refractivity contribution in [3.05, 3.63) is 24.3 Å². The molecule has 0 aliphatic rings. The highest BCUT2D eigenvalue weighted by Gasteiger charge is 2.20. The predicted octanol–water partition coefficient (Wildman–Crippen LogP) is 2.65.